The molecule has 98 valence electrons. The molecule has 1 saturated carbocycles. The molecule has 0 aliphatic heterocycles. The highest BCUT2D eigenvalue weighted by atomic mass is 16.1. The van der Waals surface area contributed by atoms with Crippen molar-refractivity contribution < 1.29 is 4.79 Å². The monoisotopic (exact) mass is 244 g/mol. The van der Waals surface area contributed by atoms with Crippen molar-refractivity contribution in [3.63, 3.8) is 0 Å². The SMILES string of the molecule is CCc1ccc(CC(=O)CCC2CCCC2)cc1. The summed E-state index contributed by atoms with van der Waals surface area (Å²) in [7, 11) is 0. The molecular weight excluding hydrogens is 220 g/mol. The van der Waals surface area contributed by atoms with Crippen LogP contribution in [-0.4, -0.2) is 5.78 Å². The Morgan fingerprint density at radius 2 is 1.72 bits per heavy atom. The molecule has 0 unspecified atom stereocenters. The molecule has 0 radical (unpaired) electrons. The van der Waals surface area contributed by atoms with Crippen molar-refractivity contribution in [1.82, 2.24) is 0 Å². The fraction of sp³-hybridized carbons (Fsp3) is 0.588. The summed E-state index contributed by atoms with van der Waals surface area (Å²) in [6, 6.07) is 8.48. The lowest BCUT2D eigenvalue weighted by molar-refractivity contribution is -0.118. The molecule has 1 aliphatic rings. The first kappa shape index (κ1) is 13.3. The van der Waals surface area contributed by atoms with E-state index in [1.165, 1.54) is 36.8 Å². The van der Waals surface area contributed by atoms with Crippen LogP contribution in [0.5, 0.6) is 0 Å². The molecule has 1 nitrogen and oxygen atoms in total. The van der Waals surface area contributed by atoms with E-state index in [0.717, 1.165) is 25.2 Å². The third-order valence-electron chi connectivity index (χ3n) is 4.14. The first-order valence-corrected chi connectivity index (χ1v) is 7.37. The average Bonchev–Trinajstić information content (AvgIpc) is 2.90. The second-order valence-electron chi connectivity index (χ2n) is 5.57. The van der Waals surface area contributed by atoms with Gasteiger partial charge in [0.15, 0.2) is 0 Å². The minimum atomic E-state index is 0.408. The maximum absolute atomic E-state index is 11.9. The Morgan fingerprint density at radius 3 is 2.33 bits per heavy atom. The fourth-order valence-corrected chi connectivity index (χ4v) is 2.87. The lowest BCUT2D eigenvalue weighted by Crippen LogP contribution is -2.05. The lowest BCUT2D eigenvalue weighted by Gasteiger charge is -2.08. The van der Waals surface area contributed by atoms with E-state index < -0.39 is 0 Å². The molecule has 0 saturated heterocycles. The third kappa shape index (κ3) is 3.97. The van der Waals surface area contributed by atoms with Crippen LogP contribution in [0.4, 0.5) is 0 Å². The second kappa shape index (κ2) is 6.72. The molecular formula is C17H24O. The first-order chi connectivity index (χ1) is 8.78. The van der Waals surface area contributed by atoms with Gasteiger partial charge in [0.2, 0.25) is 0 Å². The Bertz CT molecular complexity index is 371. The number of ketones is 1. The Balaban J connectivity index is 1.75. The van der Waals surface area contributed by atoms with Gasteiger partial charge in [0.25, 0.3) is 0 Å². The van der Waals surface area contributed by atoms with Crippen LogP contribution in [0.15, 0.2) is 24.3 Å². The van der Waals surface area contributed by atoms with Crippen LogP contribution in [0.1, 0.15) is 56.6 Å². The molecule has 1 aromatic carbocycles. The highest BCUT2D eigenvalue weighted by Gasteiger charge is 2.16. The minimum Gasteiger partial charge on any atom is -0.299 e. The number of hydrogen-bond acceptors (Lipinski definition) is 1. The molecule has 1 fully saturated rings. The normalized spacial score (nSPS) is 16.1. The number of Topliss-reactive ketones (excluding diaryl/α,β-unsaturated/α-hetero) is 1. The Kier molecular flexibility index (Phi) is 4.98. The highest BCUT2D eigenvalue weighted by molar-refractivity contribution is 5.80. The average molecular weight is 244 g/mol. The quantitative estimate of drug-likeness (QED) is 0.728. The van der Waals surface area contributed by atoms with Crippen molar-refractivity contribution in [3.8, 4) is 0 Å². The molecule has 0 spiro atoms. The van der Waals surface area contributed by atoms with Gasteiger partial charge >= 0.3 is 0 Å². The van der Waals surface area contributed by atoms with Crippen molar-refractivity contribution in [2.75, 3.05) is 0 Å². The number of carbonyl (C=O) groups is 1. The largest absolute Gasteiger partial charge is 0.299 e. The van der Waals surface area contributed by atoms with Crippen LogP contribution < -0.4 is 0 Å². The standard InChI is InChI=1S/C17H24O/c1-2-14-7-9-16(10-8-14)13-17(18)12-11-15-5-3-4-6-15/h7-10,15H,2-6,11-13H2,1H3. The Hall–Kier alpha value is -1.11. The van der Waals surface area contributed by atoms with E-state index in [0.29, 0.717) is 12.2 Å². The fourth-order valence-electron chi connectivity index (χ4n) is 2.87. The maximum atomic E-state index is 11.9. The summed E-state index contributed by atoms with van der Waals surface area (Å²) in [6.07, 6.45) is 9.02. The van der Waals surface area contributed by atoms with Gasteiger partial charge in [0.1, 0.15) is 5.78 Å². The van der Waals surface area contributed by atoms with Crippen molar-refractivity contribution >= 4 is 5.78 Å². The van der Waals surface area contributed by atoms with Gasteiger partial charge < -0.3 is 0 Å². The second-order valence-corrected chi connectivity index (χ2v) is 5.57. The predicted octanol–water partition coefficient (Wildman–Crippen LogP) is 4.33. The molecule has 0 N–H and O–H groups in total. The van der Waals surface area contributed by atoms with Gasteiger partial charge in [-0.2, -0.15) is 0 Å². The summed E-state index contributed by atoms with van der Waals surface area (Å²) in [5, 5.41) is 0. The van der Waals surface area contributed by atoms with Crippen LogP contribution in [0, 0.1) is 5.92 Å². The van der Waals surface area contributed by atoms with Crippen LogP contribution >= 0.6 is 0 Å². The van der Waals surface area contributed by atoms with Gasteiger partial charge in [0.05, 0.1) is 0 Å². The number of rotatable bonds is 6. The molecule has 1 heteroatoms. The molecule has 0 aromatic heterocycles. The van der Waals surface area contributed by atoms with Crippen LogP contribution in [-0.2, 0) is 17.6 Å². The van der Waals surface area contributed by atoms with Gasteiger partial charge in [-0.1, -0.05) is 56.9 Å². The van der Waals surface area contributed by atoms with Crippen molar-refractivity contribution in [3.05, 3.63) is 35.4 Å². The van der Waals surface area contributed by atoms with E-state index in [-0.39, 0.29) is 0 Å². The number of hydrogen-bond donors (Lipinski definition) is 0. The first-order valence-electron chi connectivity index (χ1n) is 7.37. The molecule has 0 bridgehead atoms. The van der Waals surface area contributed by atoms with E-state index in [4.69, 9.17) is 0 Å². The van der Waals surface area contributed by atoms with Crippen molar-refractivity contribution in [1.29, 1.82) is 0 Å². The zero-order chi connectivity index (χ0) is 12.8. The summed E-state index contributed by atoms with van der Waals surface area (Å²) >= 11 is 0. The van der Waals surface area contributed by atoms with Gasteiger partial charge in [-0.3, -0.25) is 4.79 Å². The van der Waals surface area contributed by atoms with Gasteiger partial charge in [-0.25, -0.2) is 0 Å². The zero-order valence-corrected chi connectivity index (χ0v) is 11.5. The van der Waals surface area contributed by atoms with Crippen molar-refractivity contribution in [2.24, 2.45) is 5.92 Å². The minimum absolute atomic E-state index is 0.408. The molecule has 1 aromatic rings. The highest BCUT2D eigenvalue weighted by Crippen LogP contribution is 2.28. The zero-order valence-electron chi connectivity index (χ0n) is 11.5. The molecule has 0 amide bonds. The summed E-state index contributed by atoms with van der Waals surface area (Å²) in [4.78, 5) is 11.9. The lowest BCUT2D eigenvalue weighted by atomic mass is 9.97. The molecule has 0 heterocycles. The molecule has 18 heavy (non-hydrogen) atoms. The molecule has 1 aliphatic carbocycles. The smallest absolute Gasteiger partial charge is 0.137 e. The van der Waals surface area contributed by atoms with E-state index in [1.54, 1.807) is 0 Å². The summed E-state index contributed by atoms with van der Waals surface area (Å²) in [5.41, 5.74) is 2.51. The van der Waals surface area contributed by atoms with Gasteiger partial charge in [-0.15, -0.1) is 0 Å². The van der Waals surface area contributed by atoms with Crippen LogP contribution in [0.25, 0.3) is 0 Å². The van der Waals surface area contributed by atoms with Gasteiger partial charge in [-0.05, 0) is 29.9 Å². The summed E-state index contributed by atoms with van der Waals surface area (Å²) in [5.74, 6) is 1.24. The third-order valence-corrected chi connectivity index (χ3v) is 4.14. The topological polar surface area (TPSA) is 17.1 Å². The predicted molar refractivity (Wildman–Crippen MR) is 75.7 cm³/mol. The number of aryl methyl sites for hydroxylation is 1. The van der Waals surface area contributed by atoms with Crippen molar-refractivity contribution in [2.45, 2.75) is 58.3 Å². The Morgan fingerprint density at radius 1 is 1.11 bits per heavy atom. The maximum Gasteiger partial charge on any atom is 0.137 e. The summed E-state index contributed by atoms with van der Waals surface area (Å²) in [6.45, 7) is 2.15. The molecule has 2 rings (SSSR count). The van der Waals surface area contributed by atoms with Crippen LogP contribution in [0.3, 0.4) is 0 Å². The van der Waals surface area contributed by atoms with E-state index in [1.807, 2.05) is 0 Å². The van der Waals surface area contributed by atoms with Crippen LogP contribution in [0.2, 0.25) is 0 Å². The van der Waals surface area contributed by atoms with E-state index >= 15 is 0 Å². The van der Waals surface area contributed by atoms with E-state index in [9.17, 15) is 4.79 Å². The van der Waals surface area contributed by atoms with Gasteiger partial charge in [0, 0.05) is 12.8 Å². The number of benzene rings is 1. The molecule has 0 atom stereocenters. The summed E-state index contributed by atoms with van der Waals surface area (Å²) < 4.78 is 0. The Labute approximate surface area is 111 Å². The van der Waals surface area contributed by atoms with E-state index in [2.05, 4.69) is 31.2 Å². The number of carbonyl (C=O) groups excluding carboxylic acids is 1.